The van der Waals surface area contributed by atoms with Gasteiger partial charge in [0.1, 0.15) is 5.75 Å². The molecule has 3 rings (SSSR count). The third-order valence-electron chi connectivity index (χ3n) is 3.43. The van der Waals surface area contributed by atoms with Crippen molar-refractivity contribution in [3.63, 3.8) is 0 Å². The van der Waals surface area contributed by atoms with Gasteiger partial charge in [0, 0.05) is 16.8 Å². The number of rotatable bonds is 4. The SMILES string of the molecule is Cc1cc(Cl)cc(C)c1OCC(=O)Nc1ccc2c(c1)OCO2. The lowest BCUT2D eigenvalue weighted by molar-refractivity contribution is -0.118. The highest BCUT2D eigenvalue weighted by Gasteiger charge is 2.14. The molecule has 0 spiro atoms. The lowest BCUT2D eigenvalue weighted by Gasteiger charge is -2.12. The molecule has 1 N–H and O–H groups in total. The number of halogens is 1. The fourth-order valence-electron chi connectivity index (χ4n) is 2.43. The number of hydrogen-bond donors (Lipinski definition) is 1. The summed E-state index contributed by atoms with van der Waals surface area (Å²) >= 11 is 5.98. The molecule has 0 saturated heterocycles. The Bertz CT molecular complexity index is 737. The molecule has 0 aliphatic carbocycles. The van der Waals surface area contributed by atoms with E-state index in [9.17, 15) is 4.79 Å². The molecule has 0 fully saturated rings. The summed E-state index contributed by atoms with van der Waals surface area (Å²) in [4.78, 5) is 12.0. The van der Waals surface area contributed by atoms with Crippen LogP contribution in [-0.2, 0) is 4.79 Å². The fourth-order valence-corrected chi connectivity index (χ4v) is 2.76. The summed E-state index contributed by atoms with van der Waals surface area (Å²) in [5.41, 5.74) is 2.42. The Balaban J connectivity index is 1.62. The second-order valence-electron chi connectivity index (χ2n) is 5.27. The highest BCUT2D eigenvalue weighted by Crippen LogP contribution is 2.34. The summed E-state index contributed by atoms with van der Waals surface area (Å²) in [5, 5.41) is 3.42. The minimum absolute atomic E-state index is 0.0856. The van der Waals surface area contributed by atoms with Gasteiger partial charge in [-0.15, -0.1) is 0 Å². The monoisotopic (exact) mass is 333 g/mol. The van der Waals surface area contributed by atoms with Crippen LogP contribution in [0.1, 0.15) is 11.1 Å². The lowest BCUT2D eigenvalue weighted by Crippen LogP contribution is -2.20. The first kappa shape index (κ1) is 15.5. The Kier molecular flexibility index (Phi) is 4.30. The average Bonchev–Trinajstić information content (AvgIpc) is 2.93. The maximum absolute atomic E-state index is 12.0. The number of amides is 1. The number of nitrogens with one attached hydrogen (secondary N) is 1. The van der Waals surface area contributed by atoms with Gasteiger partial charge >= 0.3 is 0 Å². The van der Waals surface area contributed by atoms with Gasteiger partial charge in [0.15, 0.2) is 18.1 Å². The Hall–Kier alpha value is -2.40. The minimum Gasteiger partial charge on any atom is -0.483 e. The van der Waals surface area contributed by atoms with Crippen molar-refractivity contribution in [2.24, 2.45) is 0 Å². The number of aryl methyl sites for hydroxylation is 2. The van der Waals surface area contributed by atoms with Crippen LogP contribution >= 0.6 is 11.6 Å². The van der Waals surface area contributed by atoms with Crippen molar-refractivity contribution in [1.82, 2.24) is 0 Å². The summed E-state index contributed by atoms with van der Waals surface area (Å²) in [5.74, 6) is 1.72. The minimum atomic E-state index is -0.252. The van der Waals surface area contributed by atoms with E-state index in [-0.39, 0.29) is 19.3 Å². The Labute approximate surface area is 139 Å². The van der Waals surface area contributed by atoms with E-state index < -0.39 is 0 Å². The van der Waals surface area contributed by atoms with Gasteiger partial charge in [0.2, 0.25) is 6.79 Å². The van der Waals surface area contributed by atoms with Crippen LogP contribution in [0.5, 0.6) is 17.2 Å². The first-order valence-corrected chi connectivity index (χ1v) is 7.50. The molecule has 2 aromatic carbocycles. The largest absolute Gasteiger partial charge is 0.483 e. The molecule has 1 aliphatic heterocycles. The van der Waals surface area contributed by atoms with Gasteiger partial charge in [0.05, 0.1) is 0 Å². The number of anilines is 1. The predicted molar refractivity (Wildman–Crippen MR) is 87.6 cm³/mol. The smallest absolute Gasteiger partial charge is 0.262 e. The fraction of sp³-hybridized carbons (Fsp3) is 0.235. The number of ether oxygens (including phenoxy) is 3. The van der Waals surface area contributed by atoms with Gasteiger partial charge < -0.3 is 19.5 Å². The van der Waals surface area contributed by atoms with Gasteiger partial charge in [-0.1, -0.05) is 11.6 Å². The van der Waals surface area contributed by atoms with E-state index in [0.29, 0.717) is 28.0 Å². The molecule has 0 saturated carbocycles. The topological polar surface area (TPSA) is 56.8 Å². The molecule has 2 aromatic rings. The standard InChI is InChI=1S/C17H16ClNO4/c1-10-5-12(18)6-11(2)17(10)21-8-16(20)19-13-3-4-14-15(7-13)23-9-22-14/h3-7H,8-9H2,1-2H3,(H,19,20). The number of carbonyl (C=O) groups is 1. The van der Waals surface area contributed by atoms with E-state index in [1.165, 1.54) is 0 Å². The summed E-state index contributed by atoms with van der Waals surface area (Å²) in [6, 6.07) is 8.84. The van der Waals surface area contributed by atoms with E-state index >= 15 is 0 Å². The first-order valence-electron chi connectivity index (χ1n) is 7.12. The molecule has 0 unspecified atom stereocenters. The van der Waals surface area contributed by atoms with E-state index in [2.05, 4.69) is 5.32 Å². The Morgan fingerprint density at radius 2 is 1.87 bits per heavy atom. The van der Waals surface area contributed by atoms with Crippen molar-refractivity contribution in [3.05, 3.63) is 46.5 Å². The Morgan fingerprint density at radius 3 is 2.61 bits per heavy atom. The third kappa shape index (κ3) is 3.51. The van der Waals surface area contributed by atoms with Crippen molar-refractivity contribution in [1.29, 1.82) is 0 Å². The van der Waals surface area contributed by atoms with Crippen molar-refractivity contribution >= 4 is 23.2 Å². The van der Waals surface area contributed by atoms with Gasteiger partial charge in [-0.3, -0.25) is 4.79 Å². The van der Waals surface area contributed by atoms with Crippen LogP contribution < -0.4 is 19.5 Å². The summed E-state index contributed by atoms with van der Waals surface area (Å²) < 4.78 is 16.1. The second kappa shape index (κ2) is 6.38. The highest BCUT2D eigenvalue weighted by atomic mass is 35.5. The molecule has 120 valence electrons. The molecule has 0 radical (unpaired) electrons. The molecule has 23 heavy (non-hydrogen) atoms. The van der Waals surface area contributed by atoms with Crippen molar-refractivity contribution < 1.29 is 19.0 Å². The maximum atomic E-state index is 12.0. The number of hydrogen-bond acceptors (Lipinski definition) is 4. The zero-order valence-electron chi connectivity index (χ0n) is 12.8. The molecule has 1 heterocycles. The molecular weight excluding hydrogens is 318 g/mol. The van der Waals surface area contributed by atoms with Crippen LogP contribution in [0, 0.1) is 13.8 Å². The Morgan fingerprint density at radius 1 is 1.17 bits per heavy atom. The molecule has 1 amide bonds. The van der Waals surface area contributed by atoms with E-state index in [0.717, 1.165) is 11.1 Å². The molecule has 0 bridgehead atoms. The van der Waals surface area contributed by atoms with Gasteiger partial charge in [-0.05, 0) is 49.2 Å². The zero-order chi connectivity index (χ0) is 16.4. The maximum Gasteiger partial charge on any atom is 0.262 e. The zero-order valence-corrected chi connectivity index (χ0v) is 13.6. The molecule has 1 aliphatic rings. The van der Waals surface area contributed by atoms with Gasteiger partial charge in [-0.25, -0.2) is 0 Å². The molecular formula is C17H16ClNO4. The van der Waals surface area contributed by atoms with E-state index in [4.69, 9.17) is 25.8 Å². The number of benzene rings is 2. The quantitative estimate of drug-likeness (QED) is 0.926. The molecule has 0 aromatic heterocycles. The lowest BCUT2D eigenvalue weighted by atomic mass is 10.1. The predicted octanol–water partition coefficient (Wildman–Crippen LogP) is 3.70. The van der Waals surface area contributed by atoms with E-state index in [1.54, 1.807) is 30.3 Å². The van der Waals surface area contributed by atoms with Crippen molar-refractivity contribution in [3.8, 4) is 17.2 Å². The van der Waals surface area contributed by atoms with E-state index in [1.807, 2.05) is 13.8 Å². The molecule has 5 nitrogen and oxygen atoms in total. The first-order chi connectivity index (χ1) is 11.0. The van der Waals surface area contributed by atoms with Gasteiger partial charge in [-0.2, -0.15) is 0 Å². The van der Waals surface area contributed by atoms with Crippen LogP contribution in [0.2, 0.25) is 5.02 Å². The number of fused-ring (bicyclic) bond motifs is 1. The van der Waals surface area contributed by atoms with Crippen molar-refractivity contribution in [2.45, 2.75) is 13.8 Å². The summed E-state index contributed by atoms with van der Waals surface area (Å²) in [6.45, 7) is 3.90. The summed E-state index contributed by atoms with van der Waals surface area (Å²) in [6.07, 6.45) is 0. The number of carbonyl (C=O) groups excluding carboxylic acids is 1. The van der Waals surface area contributed by atoms with Crippen LogP contribution in [0.25, 0.3) is 0 Å². The summed E-state index contributed by atoms with van der Waals surface area (Å²) in [7, 11) is 0. The van der Waals surface area contributed by atoms with Crippen LogP contribution in [0.4, 0.5) is 5.69 Å². The molecule has 6 heteroatoms. The normalized spacial score (nSPS) is 12.1. The van der Waals surface area contributed by atoms with Crippen LogP contribution in [0.15, 0.2) is 30.3 Å². The van der Waals surface area contributed by atoms with Crippen LogP contribution in [0.3, 0.4) is 0 Å². The average molecular weight is 334 g/mol. The second-order valence-corrected chi connectivity index (χ2v) is 5.71. The van der Waals surface area contributed by atoms with Gasteiger partial charge in [0.25, 0.3) is 5.91 Å². The highest BCUT2D eigenvalue weighted by molar-refractivity contribution is 6.30. The van der Waals surface area contributed by atoms with Crippen molar-refractivity contribution in [2.75, 3.05) is 18.7 Å². The third-order valence-corrected chi connectivity index (χ3v) is 3.65. The molecule has 0 atom stereocenters. The van der Waals surface area contributed by atoms with Crippen LogP contribution in [-0.4, -0.2) is 19.3 Å².